The topological polar surface area (TPSA) is 96.5 Å². The van der Waals surface area contributed by atoms with Crippen LogP contribution in [0, 0.1) is 0 Å². The van der Waals surface area contributed by atoms with Crippen LogP contribution < -0.4 is 5.73 Å². The molecule has 3 rings (SSSR count). The van der Waals surface area contributed by atoms with Crippen molar-refractivity contribution >= 4 is 17.2 Å². The Balaban J connectivity index is 1.56. The van der Waals surface area contributed by atoms with Crippen LogP contribution in [0.5, 0.6) is 0 Å². The Bertz CT molecular complexity index is 826. The number of hydrogen-bond donors (Lipinski definition) is 2. The van der Waals surface area contributed by atoms with E-state index in [1.165, 1.54) is 0 Å². The molecule has 0 aliphatic heterocycles. The van der Waals surface area contributed by atoms with Crippen molar-refractivity contribution in [3.63, 3.8) is 0 Å². The number of imidazole rings is 1. The molecule has 1 heterocycles. The van der Waals surface area contributed by atoms with Crippen LogP contribution >= 0.6 is 0 Å². The minimum atomic E-state index is -0.544. The van der Waals surface area contributed by atoms with E-state index in [2.05, 4.69) is 20.2 Å². The number of aromatic amines is 1. The lowest BCUT2D eigenvalue weighted by atomic mass is 10.0. The lowest BCUT2D eigenvalue weighted by molar-refractivity contribution is -0.119. The molecular weight excluding hydrogens is 314 g/mol. The lowest BCUT2D eigenvalue weighted by Crippen LogP contribution is -2.34. The van der Waals surface area contributed by atoms with Gasteiger partial charge in [-0.15, -0.1) is 0 Å². The summed E-state index contributed by atoms with van der Waals surface area (Å²) >= 11 is 0. The summed E-state index contributed by atoms with van der Waals surface area (Å²) in [6.07, 6.45) is 4.02. The van der Waals surface area contributed by atoms with Gasteiger partial charge in [-0.2, -0.15) is 10.2 Å². The zero-order valence-electron chi connectivity index (χ0n) is 13.7. The number of carbonyl (C=O) groups excluding carboxylic acids is 1. The number of nitrogens with two attached hydrogens (primary N) is 1. The zero-order valence-corrected chi connectivity index (χ0v) is 13.7. The summed E-state index contributed by atoms with van der Waals surface area (Å²) in [5.41, 5.74) is 9.27. The molecule has 0 bridgehead atoms. The Hall–Kier alpha value is -3.12. The molecular formula is C19H19N5O. The van der Waals surface area contributed by atoms with Crippen LogP contribution in [0.3, 0.4) is 0 Å². The average Bonchev–Trinajstić information content (AvgIpc) is 3.15. The number of Topliss-reactive ketones (excluding diaryl/α,β-unsaturated/α-hetero) is 1. The predicted octanol–water partition coefficient (Wildman–Crippen LogP) is 3.51. The first-order valence-corrected chi connectivity index (χ1v) is 8.02. The van der Waals surface area contributed by atoms with Crippen molar-refractivity contribution in [2.45, 2.75) is 18.9 Å². The van der Waals surface area contributed by atoms with E-state index >= 15 is 0 Å². The minimum Gasteiger partial charge on any atom is -0.348 e. The van der Waals surface area contributed by atoms with Gasteiger partial charge in [0.15, 0.2) is 5.78 Å². The first-order chi connectivity index (χ1) is 12.2. The van der Waals surface area contributed by atoms with E-state index in [1.807, 2.05) is 54.6 Å². The van der Waals surface area contributed by atoms with Crippen LogP contribution in [0.25, 0.3) is 0 Å². The van der Waals surface area contributed by atoms with Crippen LogP contribution in [-0.4, -0.2) is 21.8 Å². The number of hydrogen-bond acceptors (Lipinski definition) is 5. The third-order valence-electron chi connectivity index (χ3n) is 3.76. The van der Waals surface area contributed by atoms with Crippen molar-refractivity contribution in [3.8, 4) is 0 Å². The normalized spacial score (nSPS) is 12.4. The zero-order chi connectivity index (χ0) is 17.5. The Morgan fingerprint density at radius 3 is 2.36 bits per heavy atom. The second-order valence-electron chi connectivity index (χ2n) is 5.73. The number of H-pyrrole nitrogens is 1. The Morgan fingerprint density at radius 1 is 1.04 bits per heavy atom. The summed E-state index contributed by atoms with van der Waals surface area (Å²) in [7, 11) is 0. The summed E-state index contributed by atoms with van der Waals surface area (Å²) < 4.78 is 0. The molecule has 6 heteroatoms. The maximum atomic E-state index is 12.2. The Morgan fingerprint density at radius 2 is 1.72 bits per heavy atom. The summed E-state index contributed by atoms with van der Waals surface area (Å²) in [5, 5.41) is 8.35. The van der Waals surface area contributed by atoms with E-state index in [-0.39, 0.29) is 5.78 Å². The molecule has 2 aromatic carbocycles. The number of azo groups is 1. The van der Waals surface area contributed by atoms with Crippen LogP contribution in [0.15, 0.2) is 77.3 Å². The van der Waals surface area contributed by atoms with Crippen LogP contribution in [0.1, 0.15) is 11.3 Å². The standard InChI is InChI=1S/C19H19N5O/c20-18(11-17-12-21-13-22-17)19(25)10-14-6-8-16(9-7-14)24-23-15-4-2-1-3-5-15/h1-9,12-13,18H,10-11,20H2,(H,21,22)/t18-/m0/s1. The lowest BCUT2D eigenvalue weighted by Gasteiger charge is -2.09. The Labute approximate surface area is 145 Å². The fourth-order valence-corrected chi connectivity index (χ4v) is 2.37. The summed E-state index contributed by atoms with van der Waals surface area (Å²) in [6, 6.07) is 16.4. The highest BCUT2D eigenvalue weighted by Gasteiger charge is 2.15. The van der Waals surface area contributed by atoms with E-state index in [0.717, 1.165) is 22.6 Å². The maximum Gasteiger partial charge on any atom is 0.154 e. The average molecular weight is 333 g/mol. The van der Waals surface area contributed by atoms with E-state index in [1.54, 1.807) is 12.5 Å². The van der Waals surface area contributed by atoms with E-state index in [9.17, 15) is 4.79 Å². The molecule has 1 atom stereocenters. The number of ketones is 1. The van der Waals surface area contributed by atoms with Crippen molar-refractivity contribution in [3.05, 3.63) is 78.4 Å². The van der Waals surface area contributed by atoms with Gasteiger partial charge in [-0.1, -0.05) is 30.3 Å². The van der Waals surface area contributed by atoms with Gasteiger partial charge in [0.25, 0.3) is 0 Å². The molecule has 3 aromatic rings. The van der Waals surface area contributed by atoms with Crippen LogP contribution in [0.2, 0.25) is 0 Å². The van der Waals surface area contributed by atoms with Gasteiger partial charge in [-0.05, 0) is 29.8 Å². The minimum absolute atomic E-state index is 0.00624. The fraction of sp³-hybridized carbons (Fsp3) is 0.158. The molecule has 0 amide bonds. The Kier molecular flexibility index (Phi) is 5.43. The fourth-order valence-electron chi connectivity index (χ4n) is 2.37. The van der Waals surface area contributed by atoms with Crippen molar-refractivity contribution in [2.24, 2.45) is 16.0 Å². The number of benzene rings is 2. The summed E-state index contributed by atoms with van der Waals surface area (Å²) in [4.78, 5) is 19.1. The highest BCUT2D eigenvalue weighted by atomic mass is 16.1. The maximum absolute atomic E-state index is 12.2. The number of carbonyl (C=O) groups is 1. The van der Waals surface area contributed by atoms with E-state index in [4.69, 9.17) is 5.73 Å². The molecule has 25 heavy (non-hydrogen) atoms. The van der Waals surface area contributed by atoms with Gasteiger partial charge < -0.3 is 10.7 Å². The largest absolute Gasteiger partial charge is 0.348 e. The molecule has 126 valence electrons. The van der Waals surface area contributed by atoms with E-state index in [0.29, 0.717) is 12.8 Å². The molecule has 0 fully saturated rings. The molecule has 0 aliphatic rings. The number of nitrogens with one attached hydrogen (secondary N) is 1. The molecule has 0 unspecified atom stereocenters. The second-order valence-corrected chi connectivity index (χ2v) is 5.73. The van der Waals surface area contributed by atoms with Gasteiger partial charge in [0, 0.05) is 24.7 Å². The smallest absolute Gasteiger partial charge is 0.154 e. The molecule has 0 radical (unpaired) electrons. The molecule has 0 spiro atoms. The predicted molar refractivity (Wildman–Crippen MR) is 96.0 cm³/mol. The highest BCUT2D eigenvalue weighted by Crippen LogP contribution is 2.18. The quantitative estimate of drug-likeness (QED) is 0.647. The van der Waals surface area contributed by atoms with Gasteiger partial charge in [-0.25, -0.2) is 4.98 Å². The number of aromatic nitrogens is 2. The second kappa shape index (κ2) is 8.12. The highest BCUT2D eigenvalue weighted by molar-refractivity contribution is 5.86. The van der Waals surface area contributed by atoms with Gasteiger partial charge in [0.05, 0.1) is 23.7 Å². The van der Waals surface area contributed by atoms with Gasteiger partial charge in [-0.3, -0.25) is 4.79 Å². The molecule has 0 saturated heterocycles. The third kappa shape index (κ3) is 4.92. The molecule has 1 aromatic heterocycles. The van der Waals surface area contributed by atoms with Gasteiger partial charge >= 0.3 is 0 Å². The third-order valence-corrected chi connectivity index (χ3v) is 3.76. The monoisotopic (exact) mass is 333 g/mol. The SMILES string of the molecule is N[C@@H](Cc1cnc[nH]1)C(=O)Cc1ccc(N=Nc2ccccc2)cc1. The van der Waals surface area contributed by atoms with Crippen LogP contribution in [0.4, 0.5) is 11.4 Å². The van der Waals surface area contributed by atoms with Gasteiger partial charge in [0.1, 0.15) is 0 Å². The molecule has 0 saturated carbocycles. The molecule has 6 nitrogen and oxygen atoms in total. The van der Waals surface area contributed by atoms with Crippen molar-refractivity contribution < 1.29 is 4.79 Å². The van der Waals surface area contributed by atoms with E-state index < -0.39 is 6.04 Å². The van der Waals surface area contributed by atoms with Crippen molar-refractivity contribution in [1.82, 2.24) is 9.97 Å². The van der Waals surface area contributed by atoms with Crippen molar-refractivity contribution in [2.75, 3.05) is 0 Å². The van der Waals surface area contributed by atoms with Crippen LogP contribution in [-0.2, 0) is 17.6 Å². The molecule has 0 aliphatic carbocycles. The molecule has 3 N–H and O–H groups in total. The number of rotatable bonds is 7. The summed E-state index contributed by atoms with van der Waals surface area (Å²) in [5.74, 6) is -0.00624. The van der Waals surface area contributed by atoms with Gasteiger partial charge in [0.2, 0.25) is 0 Å². The first-order valence-electron chi connectivity index (χ1n) is 8.02. The number of nitrogens with zero attached hydrogens (tertiary/aromatic N) is 3. The summed E-state index contributed by atoms with van der Waals surface area (Å²) in [6.45, 7) is 0. The first kappa shape index (κ1) is 16.7. The van der Waals surface area contributed by atoms with Crippen molar-refractivity contribution in [1.29, 1.82) is 0 Å².